The molecule has 1 amide bonds. The van der Waals surface area contributed by atoms with Crippen LogP contribution in [0.25, 0.3) is 0 Å². The van der Waals surface area contributed by atoms with E-state index in [9.17, 15) is 4.79 Å². The first-order valence-electron chi connectivity index (χ1n) is 9.77. The quantitative estimate of drug-likeness (QED) is 0.878. The second kappa shape index (κ2) is 8.59. The third-order valence-corrected chi connectivity index (χ3v) is 5.42. The fourth-order valence-corrected chi connectivity index (χ4v) is 3.76. The molecule has 2 fully saturated rings. The number of morpholine rings is 1. The van der Waals surface area contributed by atoms with Gasteiger partial charge in [0.25, 0.3) is 5.91 Å². The Kier molecular flexibility index (Phi) is 5.75. The zero-order valence-corrected chi connectivity index (χ0v) is 15.6. The Balaban J connectivity index is 1.27. The summed E-state index contributed by atoms with van der Waals surface area (Å²) in [4.78, 5) is 16.8. The Labute approximate surface area is 160 Å². The molecule has 4 rings (SSSR count). The highest BCUT2D eigenvalue weighted by molar-refractivity contribution is 5.94. The van der Waals surface area contributed by atoms with E-state index in [0.717, 1.165) is 43.8 Å². The maximum absolute atomic E-state index is 12.5. The first-order chi connectivity index (χ1) is 13.3. The summed E-state index contributed by atoms with van der Waals surface area (Å²) in [5, 5.41) is 3.58. The van der Waals surface area contributed by atoms with Crippen molar-refractivity contribution in [2.75, 3.05) is 44.3 Å². The van der Waals surface area contributed by atoms with Crippen LogP contribution >= 0.6 is 0 Å². The summed E-state index contributed by atoms with van der Waals surface area (Å²) in [6, 6.07) is 12.5. The van der Waals surface area contributed by atoms with E-state index < -0.39 is 0 Å². The van der Waals surface area contributed by atoms with Crippen LogP contribution in [0.1, 0.15) is 29.0 Å². The van der Waals surface area contributed by atoms with E-state index in [1.807, 2.05) is 29.2 Å². The molecule has 0 unspecified atom stereocenters. The van der Waals surface area contributed by atoms with Gasteiger partial charge in [0.15, 0.2) is 0 Å². The van der Waals surface area contributed by atoms with E-state index in [2.05, 4.69) is 22.3 Å². The van der Waals surface area contributed by atoms with Gasteiger partial charge in [-0.25, -0.2) is 0 Å². The van der Waals surface area contributed by atoms with Gasteiger partial charge in [-0.3, -0.25) is 4.79 Å². The van der Waals surface area contributed by atoms with Crippen LogP contribution in [0.15, 0.2) is 47.1 Å². The second-order valence-electron chi connectivity index (χ2n) is 7.17. The molecule has 6 nitrogen and oxygen atoms in total. The smallest absolute Gasteiger partial charge is 0.254 e. The van der Waals surface area contributed by atoms with E-state index >= 15 is 0 Å². The summed E-state index contributed by atoms with van der Waals surface area (Å²) in [5.74, 6) is 1.09. The molecule has 1 aromatic carbocycles. The van der Waals surface area contributed by atoms with Crippen LogP contribution in [0, 0.1) is 0 Å². The molecular weight excluding hydrogens is 342 g/mol. The van der Waals surface area contributed by atoms with Gasteiger partial charge in [0.1, 0.15) is 5.76 Å². The van der Waals surface area contributed by atoms with Crippen molar-refractivity contribution in [2.24, 2.45) is 0 Å². The van der Waals surface area contributed by atoms with E-state index in [4.69, 9.17) is 9.15 Å². The van der Waals surface area contributed by atoms with Crippen molar-refractivity contribution in [2.45, 2.75) is 25.4 Å². The minimum absolute atomic E-state index is 0.102. The monoisotopic (exact) mass is 369 g/mol. The van der Waals surface area contributed by atoms with Crippen molar-refractivity contribution in [1.29, 1.82) is 0 Å². The second-order valence-corrected chi connectivity index (χ2v) is 7.17. The fraction of sp³-hybridized carbons (Fsp3) is 0.476. The SMILES string of the molecule is O=C(c1ccc(N2CCC(NCc3ccco3)CC2)cc1)N1CCOCC1. The van der Waals surface area contributed by atoms with Crippen LogP contribution in [-0.2, 0) is 11.3 Å². The lowest BCUT2D eigenvalue weighted by molar-refractivity contribution is 0.0303. The highest BCUT2D eigenvalue weighted by Crippen LogP contribution is 2.21. The molecule has 1 aromatic heterocycles. The Hall–Kier alpha value is -2.31. The number of carbonyl (C=O) groups is 1. The minimum atomic E-state index is 0.102. The molecule has 0 bridgehead atoms. The molecule has 2 aromatic rings. The lowest BCUT2D eigenvalue weighted by atomic mass is 10.0. The van der Waals surface area contributed by atoms with Crippen LogP contribution in [0.2, 0.25) is 0 Å². The molecule has 2 saturated heterocycles. The van der Waals surface area contributed by atoms with Crippen molar-refractivity contribution in [3.63, 3.8) is 0 Å². The van der Waals surface area contributed by atoms with Gasteiger partial charge >= 0.3 is 0 Å². The summed E-state index contributed by atoms with van der Waals surface area (Å²) in [6.07, 6.45) is 3.93. The molecular formula is C21H27N3O3. The molecule has 0 spiro atoms. The first-order valence-corrected chi connectivity index (χ1v) is 9.77. The average Bonchev–Trinajstić information content (AvgIpc) is 3.27. The number of nitrogens with zero attached hydrogens (tertiary/aromatic N) is 2. The molecule has 27 heavy (non-hydrogen) atoms. The lowest BCUT2D eigenvalue weighted by Gasteiger charge is -2.34. The van der Waals surface area contributed by atoms with Gasteiger partial charge in [0, 0.05) is 43.5 Å². The van der Waals surface area contributed by atoms with Gasteiger partial charge < -0.3 is 24.3 Å². The number of piperidine rings is 1. The maximum Gasteiger partial charge on any atom is 0.254 e. The van der Waals surface area contributed by atoms with Crippen LogP contribution in [0.5, 0.6) is 0 Å². The van der Waals surface area contributed by atoms with Crippen molar-refractivity contribution in [3.05, 3.63) is 54.0 Å². The number of ether oxygens (including phenoxy) is 1. The highest BCUT2D eigenvalue weighted by Gasteiger charge is 2.21. The number of hydrogen-bond donors (Lipinski definition) is 1. The zero-order chi connectivity index (χ0) is 18.5. The predicted molar refractivity (Wildman–Crippen MR) is 104 cm³/mol. The number of carbonyl (C=O) groups excluding carboxylic acids is 1. The lowest BCUT2D eigenvalue weighted by Crippen LogP contribution is -2.42. The van der Waals surface area contributed by atoms with Crippen LogP contribution in [0.3, 0.4) is 0 Å². The molecule has 2 aliphatic rings. The summed E-state index contributed by atoms with van der Waals surface area (Å²) in [7, 11) is 0. The van der Waals surface area contributed by atoms with Crippen LogP contribution in [-0.4, -0.2) is 56.2 Å². The van der Waals surface area contributed by atoms with Crippen LogP contribution in [0.4, 0.5) is 5.69 Å². The van der Waals surface area contributed by atoms with Crippen LogP contribution < -0.4 is 10.2 Å². The number of furan rings is 1. The molecule has 1 N–H and O–H groups in total. The molecule has 6 heteroatoms. The summed E-state index contributed by atoms with van der Waals surface area (Å²) >= 11 is 0. The van der Waals surface area contributed by atoms with Gasteiger partial charge in [0.2, 0.25) is 0 Å². The van der Waals surface area contributed by atoms with E-state index in [0.29, 0.717) is 32.3 Å². The van der Waals surface area contributed by atoms with E-state index in [-0.39, 0.29) is 5.91 Å². The topological polar surface area (TPSA) is 58.0 Å². The first kappa shape index (κ1) is 18.1. The van der Waals surface area contributed by atoms with Gasteiger partial charge in [-0.2, -0.15) is 0 Å². The zero-order valence-electron chi connectivity index (χ0n) is 15.6. The summed E-state index contributed by atoms with van der Waals surface area (Å²) < 4.78 is 10.7. The van der Waals surface area contributed by atoms with Gasteiger partial charge in [-0.05, 0) is 49.2 Å². The molecule has 0 radical (unpaired) electrons. The molecule has 144 valence electrons. The van der Waals surface area contributed by atoms with E-state index in [1.54, 1.807) is 6.26 Å². The van der Waals surface area contributed by atoms with Gasteiger partial charge in [-0.1, -0.05) is 0 Å². The van der Waals surface area contributed by atoms with Gasteiger partial charge in [0.05, 0.1) is 26.0 Å². The summed E-state index contributed by atoms with van der Waals surface area (Å²) in [5.41, 5.74) is 1.95. The standard InChI is InChI=1S/C21H27N3O3/c25-21(24-11-14-26-15-12-24)17-3-5-19(6-4-17)23-9-7-18(8-10-23)22-16-20-2-1-13-27-20/h1-6,13,18,22H,7-12,14-16H2. The van der Waals surface area contributed by atoms with E-state index in [1.165, 1.54) is 5.69 Å². The normalized spacial score (nSPS) is 18.7. The molecule has 0 aliphatic carbocycles. The van der Waals surface area contributed by atoms with Gasteiger partial charge in [-0.15, -0.1) is 0 Å². The highest BCUT2D eigenvalue weighted by atomic mass is 16.5. The molecule has 0 saturated carbocycles. The van der Waals surface area contributed by atoms with Crippen molar-refractivity contribution < 1.29 is 13.9 Å². The van der Waals surface area contributed by atoms with Crippen molar-refractivity contribution in [1.82, 2.24) is 10.2 Å². The minimum Gasteiger partial charge on any atom is -0.468 e. The van der Waals surface area contributed by atoms with Crippen molar-refractivity contribution >= 4 is 11.6 Å². The molecule has 3 heterocycles. The van der Waals surface area contributed by atoms with Crippen molar-refractivity contribution in [3.8, 4) is 0 Å². The number of hydrogen-bond acceptors (Lipinski definition) is 5. The molecule has 0 atom stereocenters. The molecule has 2 aliphatic heterocycles. The number of amides is 1. The Morgan fingerprint density at radius 1 is 1.04 bits per heavy atom. The predicted octanol–water partition coefficient (Wildman–Crippen LogP) is 2.51. The largest absolute Gasteiger partial charge is 0.468 e. The average molecular weight is 369 g/mol. The Morgan fingerprint density at radius 2 is 1.78 bits per heavy atom. The number of rotatable bonds is 5. The number of benzene rings is 1. The Bertz CT molecular complexity index is 716. The maximum atomic E-state index is 12.5. The Morgan fingerprint density at radius 3 is 2.44 bits per heavy atom. The number of nitrogens with one attached hydrogen (secondary N) is 1. The fourth-order valence-electron chi connectivity index (χ4n) is 3.76. The summed E-state index contributed by atoms with van der Waals surface area (Å²) in [6.45, 7) is 5.45. The number of anilines is 1. The third kappa shape index (κ3) is 4.51. The third-order valence-electron chi connectivity index (χ3n) is 5.42.